The number of rotatable bonds is 5. The maximum Gasteiger partial charge on any atom is 0.301 e. The third-order valence-corrected chi connectivity index (χ3v) is 6.58. The summed E-state index contributed by atoms with van der Waals surface area (Å²) in [6.45, 7) is 2.41. The van der Waals surface area contributed by atoms with Crippen molar-refractivity contribution in [3.63, 3.8) is 0 Å². The van der Waals surface area contributed by atoms with Crippen molar-refractivity contribution in [3.05, 3.63) is 89.5 Å². The summed E-state index contributed by atoms with van der Waals surface area (Å²) >= 11 is 1.26. The number of benzene rings is 3. The zero-order valence-electron chi connectivity index (χ0n) is 18.1. The van der Waals surface area contributed by atoms with Gasteiger partial charge in [0.15, 0.2) is 5.13 Å². The van der Waals surface area contributed by atoms with Gasteiger partial charge in [-0.25, -0.2) is 4.98 Å². The molecule has 1 amide bonds. The second-order valence-electron chi connectivity index (χ2n) is 7.69. The van der Waals surface area contributed by atoms with Gasteiger partial charge in [-0.15, -0.1) is 0 Å². The first-order valence-electron chi connectivity index (χ1n) is 10.7. The average molecular weight is 473 g/mol. The Morgan fingerprint density at radius 2 is 1.79 bits per heavy atom. The molecular formula is C26H20N2O5S. The molecule has 3 aromatic carbocycles. The minimum absolute atomic E-state index is 0.0313. The third kappa shape index (κ3) is 3.68. The number of anilines is 1. The first-order chi connectivity index (χ1) is 16.5. The number of ketones is 1. The van der Waals surface area contributed by atoms with Gasteiger partial charge in [0.2, 0.25) is 0 Å². The number of phenolic OH excluding ortho intramolecular Hbond substituents is 1. The van der Waals surface area contributed by atoms with E-state index < -0.39 is 17.7 Å². The number of aromatic hydroxyl groups is 1. The van der Waals surface area contributed by atoms with Gasteiger partial charge in [-0.05, 0) is 42.8 Å². The van der Waals surface area contributed by atoms with Gasteiger partial charge in [0.05, 0.1) is 28.4 Å². The van der Waals surface area contributed by atoms with Gasteiger partial charge in [0, 0.05) is 5.56 Å². The van der Waals surface area contributed by atoms with Gasteiger partial charge in [0.1, 0.15) is 17.3 Å². The van der Waals surface area contributed by atoms with Gasteiger partial charge in [-0.1, -0.05) is 53.8 Å². The number of fused-ring (bicyclic) bond motifs is 1. The van der Waals surface area contributed by atoms with Crippen LogP contribution in [-0.2, 0) is 9.59 Å². The van der Waals surface area contributed by atoms with E-state index in [1.54, 1.807) is 54.6 Å². The molecule has 0 radical (unpaired) electrons. The second kappa shape index (κ2) is 8.64. The Hall–Kier alpha value is -4.17. The van der Waals surface area contributed by atoms with Crippen LogP contribution >= 0.6 is 11.3 Å². The Balaban J connectivity index is 1.69. The number of aromatic nitrogens is 1. The number of aliphatic hydroxyl groups excluding tert-OH is 1. The molecule has 2 N–H and O–H groups in total. The largest absolute Gasteiger partial charge is 0.508 e. The number of amides is 1. The second-order valence-corrected chi connectivity index (χ2v) is 8.69. The lowest BCUT2D eigenvalue weighted by Gasteiger charge is -2.23. The van der Waals surface area contributed by atoms with Crippen molar-refractivity contribution in [1.82, 2.24) is 4.98 Å². The van der Waals surface area contributed by atoms with Crippen LogP contribution < -0.4 is 9.64 Å². The molecule has 4 aromatic rings. The number of thiazole rings is 1. The quantitative estimate of drug-likeness (QED) is 0.240. The highest BCUT2D eigenvalue weighted by Crippen LogP contribution is 2.44. The van der Waals surface area contributed by atoms with Gasteiger partial charge in [0.25, 0.3) is 5.78 Å². The van der Waals surface area contributed by atoms with E-state index in [2.05, 4.69) is 4.98 Å². The molecule has 1 aromatic heterocycles. The fourth-order valence-electron chi connectivity index (χ4n) is 4.01. The van der Waals surface area contributed by atoms with Crippen molar-refractivity contribution < 1.29 is 24.5 Å². The van der Waals surface area contributed by atoms with Crippen LogP contribution in [0.5, 0.6) is 11.5 Å². The molecule has 0 spiro atoms. The summed E-state index contributed by atoms with van der Waals surface area (Å²) < 4.78 is 6.37. The Bertz CT molecular complexity index is 1430. The normalized spacial score (nSPS) is 17.4. The summed E-state index contributed by atoms with van der Waals surface area (Å²) in [5, 5.41) is 21.2. The van der Waals surface area contributed by atoms with Crippen molar-refractivity contribution in [3.8, 4) is 11.5 Å². The zero-order valence-corrected chi connectivity index (χ0v) is 19.0. The van der Waals surface area contributed by atoms with Crippen LogP contribution in [0.1, 0.15) is 24.1 Å². The van der Waals surface area contributed by atoms with Crippen LogP contribution in [0.25, 0.3) is 16.0 Å². The van der Waals surface area contributed by atoms with E-state index in [1.807, 2.05) is 13.0 Å². The molecule has 8 heteroatoms. The first-order valence-corrected chi connectivity index (χ1v) is 11.5. The lowest BCUT2D eigenvalue weighted by Crippen LogP contribution is -2.29. The molecule has 1 unspecified atom stereocenters. The minimum Gasteiger partial charge on any atom is -0.508 e. The van der Waals surface area contributed by atoms with Gasteiger partial charge >= 0.3 is 5.91 Å². The summed E-state index contributed by atoms with van der Waals surface area (Å²) in [6.07, 6.45) is 0. The summed E-state index contributed by atoms with van der Waals surface area (Å²) in [5.41, 5.74) is 1.62. The molecule has 34 heavy (non-hydrogen) atoms. The van der Waals surface area contributed by atoms with Crippen LogP contribution in [0.15, 0.2) is 78.4 Å². The molecule has 0 saturated carbocycles. The molecule has 1 saturated heterocycles. The Morgan fingerprint density at radius 1 is 1.06 bits per heavy atom. The molecule has 1 aliphatic rings. The van der Waals surface area contributed by atoms with Crippen LogP contribution in [0.3, 0.4) is 0 Å². The van der Waals surface area contributed by atoms with Crippen LogP contribution in [0, 0.1) is 0 Å². The Kier molecular flexibility index (Phi) is 5.51. The van der Waals surface area contributed by atoms with E-state index in [4.69, 9.17) is 4.74 Å². The summed E-state index contributed by atoms with van der Waals surface area (Å²) in [7, 11) is 0. The van der Waals surface area contributed by atoms with E-state index in [1.165, 1.54) is 28.4 Å². The maximum atomic E-state index is 13.3. The Labute approximate surface area is 199 Å². The van der Waals surface area contributed by atoms with E-state index in [-0.39, 0.29) is 17.1 Å². The van der Waals surface area contributed by atoms with Crippen molar-refractivity contribution in [2.45, 2.75) is 13.0 Å². The highest BCUT2D eigenvalue weighted by Gasteiger charge is 2.48. The van der Waals surface area contributed by atoms with E-state index in [0.29, 0.717) is 34.1 Å². The van der Waals surface area contributed by atoms with Crippen molar-refractivity contribution in [2.75, 3.05) is 11.5 Å². The lowest BCUT2D eigenvalue weighted by molar-refractivity contribution is -0.132. The standard InChI is InChI=1S/C26H20N2O5S/c1-2-33-18-12-13-19-20(14-18)34-26(27-19)28-22(15-8-10-17(29)11-9-15)21(24(31)25(28)32)23(30)16-6-4-3-5-7-16/h3-14,22,29-30H,2H2,1H3. The molecule has 0 aliphatic carbocycles. The van der Waals surface area contributed by atoms with E-state index in [9.17, 15) is 19.8 Å². The maximum absolute atomic E-state index is 13.3. The number of hydrogen-bond acceptors (Lipinski definition) is 7. The number of ether oxygens (including phenoxy) is 1. The fourth-order valence-corrected chi connectivity index (χ4v) is 5.03. The minimum atomic E-state index is -0.910. The predicted molar refractivity (Wildman–Crippen MR) is 130 cm³/mol. The van der Waals surface area contributed by atoms with Crippen molar-refractivity contribution >= 4 is 44.1 Å². The van der Waals surface area contributed by atoms with Crippen molar-refractivity contribution in [1.29, 1.82) is 0 Å². The summed E-state index contributed by atoms with van der Waals surface area (Å²) in [4.78, 5) is 32.4. The topological polar surface area (TPSA) is 100.0 Å². The smallest absolute Gasteiger partial charge is 0.301 e. The molecule has 1 atom stereocenters. The average Bonchev–Trinajstić information content (AvgIpc) is 3.38. The zero-order chi connectivity index (χ0) is 23.8. The van der Waals surface area contributed by atoms with Crippen molar-refractivity contribution in [2.24, 2.45) is 0 Å². The number of carbonyl (C=O) groups excluding carboxylic acids is 2. The first kappa shape index (κ1) is 21.7. The molecule has 0 bridgehead atoms. The molecular weight excluding hydrogens is 452 g/mol. The molecule has 2 heterocycles. The number of nitrogens with zero attached hydrogens (tertiary/aromatic N) is 2. The highest BCUT2D eigenvalue weighted by atomic mass is 32.1. The SMILES string of the molecule is CCOc1ccc2nc(N3C(=O)C(=O)C(=C(O)c4ccccc4)C3c3ccc(O)cc3)sc2c1. The molecule has 170 valence electrons. The summed E-state index contributed by atoms with van der Waals surface area (Å²) in [5.74, 6) is -1.11. The monoisotopic (exact) mass is 472 g/mol. The highest BCUT2D eigenvalue weighted by molar-refractivity contribution is 7.22. The van der Waals surface area contributed by atoms with Crippen LogP contribution in [-0.4, -0.2) is 33.5 Å². The molecule has 5 rings (SSSR count). The molecule has 7 nitrogen and oxygen atoms in total. The number of phenols is 1. The lowest BCUT2D eigenvalue weighted by atomic mass is 9.95. The predicted octanol–water partition coefficient (Wildman–Crippen LogP) is 5.03. The van der Waals surface area contributed by atoms with Crippen LogP contribution in [0.2, 0.25) is 0 Å². The van der Waals surface area contributed by atoms with Crippen LogP contribution in [0.4, 0.5) is 5.13 Å². The van der Waals surface area contributed by atoms with Gasteiger partial charge in [-0.3, -0.25) is 14.5 Å². The molecule has 1 fully saturated rings. The Morgan fingerprint density at radius 3 is 2.50 bits per heavy atom. The molecule has 1 aliphatic heterocycles. The number of aliphatic hydroxyl groups is 1. The van der Waals surface area contributed by atoms with E-state index in [0.717, 1.165) is 4.70 Å². The fraction of sp³-hybridized carbons (Fsp3) is 0.115. The third-order valence-electron chi connectivity index (χ3n) is 5.57. The van der Waals surface area contributed by atoms with Gasteiger partial charge < -0.3 is 14.9 Å². The summed E-state index contributed by atoms with van der Waals surface area (Å²) in [6, 6.07) is 19.4. The number of Topliss-reactive ketones (excluding diaryl/α,β-unsaturated/α-hetero) is 1. The number of hydrogen-bond donors (Lipinski definition) is 2. The van der Waals surface area contributed by atoms with Gasteiger partial charge in [-0.2, -0.15) is 0 Å². The number of carbonyl (C=O) groups is 2. The van der Waals surface area contributed by atoms with E-state index >= 15 is 0 Å².